The predicted molar refractivity (Wildman–Crippen MR) is 94.9 cm³/mol. The molecule has 4 rings (SSSR count). The number of hydrogen-bond acceptors (Lipinski definition) is 3. The maximum Gasteiger partial charge on any atom is 0.253 e. The quantitative estimate of drug-likeness (QED) is 0.790. The van der Waals surface area contributed by atoms with Crippen LogP contribution >= 0.6 is 0 Å². The first-order valence-corrected chi connectivity index (χ1v) is 8.23. The van der Waals surface area contributed by atoms with Crippen LogP contribution in [-0.2, 0) is 0 Å². The predicted octanol–water partition coefficient (Wildman–Crippen LogP) is 2.62. The lowest BCUT2D eigenvalue weighted by Crippen LogP contribution is -2.47. The van der Waals surface area contributed by atoms with Crippen LogP contribution in [-0.4, -0.2) is 58.9 Å². The molecule has 5 nitrogen and oxygen atoms in total. The molecule has 0 radical (unpaired) electrons. The van der Waals surface area contributed by atoms with Crippen LogP contribution in [0.5, 0.6) is 0 Å². The van der Waals surface area contributed by atoms with Gasteiger partial charge in [-0.05, 0) is 42.9 Å². The molecule has 3 aromatic rings. The number of fused-ring (bicyclic) bond motifs is 1. The number of nitrogens with one attached hydrogen (secondary N) is 1. The van der Waals surface area contributed by atoms with Crippen LogP contribution in [0, 0.1) is 0 Å². The molecule has 1 saturated heterocycles. The number of benzene rings is 1. The summed E-state index contributed by atoms with van der Waals surface area (Å²) in [6.07, 6.45) is 1.78. The van der Waals surface area contributed by atoms with E-state index in [9.17, 15) is 4.79 Å². The van der Waals surface area contributed by atoms with E-state index in [2.05, 4.69) is 28.0 Å². The minimum atomic E-state index is 0.118. The van der Waals surface area contributed by atoms with E-state index < -0.39 is 0 Å². The molecule has 1 N–H and O–H groups in total. The minimum Gasteiger partial charge on any atom is -0.339 e. The third-order valence-electron chi connectivity index (χ3n) is 4.63. The Kier molecular flexibility index (Phi) is 3.78. The smallest absolute Gasteiger partial charge is 0.253 e. The molecule has 0 atom stereocenters. The number of aromatic nitrogens is 2. The van der Waals surface area contributed by atoms with Crippen LogP contribution in [0.2, 0.25) is 0 Å². The largest absolute Gasteiger partial charge is 0.339 e. The number of carbonyl (C=O) groups is 1. The van der Waals surface area contributed by atoms with Gasteiger partial charge in [0.05, 0.1) is 0 Å². The molecular weight excluding hydrogens is 300 g/mol. The van der Waals surface area contributed by atoms with E-state index in [1.165, 1.54) is 0 Å². The number of pyridine rings is 1. The van der Waals surface area contributed by atoms with Crippen LogP contribution in [0.25, 0.3) is 22.3 Å². The van der Waals surface area contributed by atoms with E-state index in [4.69, 9.17) is 0 Å². The number of carbonyl (C=O) groups excluding carboxylic acids is 1. The number of amides is 1. The topological polar surface area (TPSA) is 52.2 Å². The highest BCUT2D eigenvalue weighted by Crippen LogP contribution is 2.23. The number of likely N-dealkylation sites (N-methyl/N-ethyl adjacent to an activating group) is 1. The maximum absolute atomic E-state index is 12.6. The zero-order chi connectivity index (χ0) is 16.5. The molecule has 0 bridgehead atoms. The fourth-order valence-corrected chi connectivity index (χ4v) is 3.10. The first kappa shape index (κ1) is 14.9. The van der Waals surface area contributed by atoms with Crippen molar-refractivity contribution in [3.63, 3.8) is 0 Å². The molecule has 0 saturated carbocycles. The van der Waals surface area contributed by atoms with Gasteiger partial charge in [-0.2, -0.15) is 0 Å². The van der Waals surface area contributed by atoms with Crippen molar-refractivity contribution in [2.24, 2.45) is 0 Å². The standard InChI is InChI=1S/C19H20N4O/c1-22-9-11-23(12-10-22)19(24)15-6-4-14(5-7-15)17-13-16-3-2-8-20-18(16)21-17/h2-8,13H,9-12H2,1H3,(H,20,21). The Morgan fingerprint density at radius 1 is 1.08 bits per heavy atom. The van der Waals surface area contributed by atoms with Crippen molar-refractivity contribution in [3.8, 4) is 11.3 Å². The van der Waals surface area contributed by atoms with Gasteiger partial charge in [0, 0.05) is 49.0 Å². The highest BCUT2D eigenvalue weighted by atomic mass is 16.2. The Balaban J connectivity index is 1.55. The van der Waals surface area contributed by atoms with Gasteiger partial charge in [-0.25, -0.2) is 4.98 Å². The zero-order valence-electron chi connectivity index (χ0n) is 13.7. The van der Waals surface area contributed by atoms with E-state index in [0.717, 1.165) is 54.0 Å². The molecule has 24 heavy (non-hydrogen) atoms. The summed E-state index contributed by atoms with van der Waals surface area (Å²) in [4.78, 5) is 24.4. The fourth-order valence-electron chi connectivity index (χ4n) is 3.10. The first-order chi connectivity index (χ1) is 11.7. The van der Waals surface area contributed by atoms with E-state index in [0.29, 0.717) is 0 Å². The van der Waals surface area contributed by atoms with Crippen molar-refractivity contribution in [1.82, 2.24) is 19.8 Å². The van der Waals surface area contributed by atoms with Crippen LogP contribution in [0.4, 0.5) is 0 Å². The van der Waals surface area contributed by atoms with Crippen LogP contribution < -0.4 is 0 Å². The minimum absolute atomic E-state index is 0.118. The van der Waals surface area contributed by atoms with Gasteiger partial charge in [-0.3, -0.25) is 4.79 Å². The number of nitrogens with zero attached hydrogens (tertiary/aromatic N) is 3. The molecule has 3 heterocycles. The number of rotatable bonds is 2. The highest BCUT2D eigenvalue weighted by molar-refractivity contribution is 5.95. The van der Waals surface area contributed by atoms with Gasteiger partial charge in [0.25, 0.3) is 5.91 Å². The average Bonchev–Trinajstić information content (AvgIpc) is 3.06. The highest BCUT2D eigenvalue weighted by Gasteiger charge is 2.20. The van der Waals surface area contributed by atoms with Gasteiger partial charge in [-0.15, -0.1) is 0 Å². The molecule has 0 unspecified atom stereocenters. The zero-order valence-corrected chi connectivity index (χ0v) is 13.7. The molecule has 1 aromatic carbocycles. The normalized spacial score (nSPS) is 15.8. The SMILES string of the molecule is CN1CCN(C(=O)c2ccc(-c3cc4cccnc4[nH]3)cc2)CC1. The van der Waals surface area contributed by atoms with Crippen molar-refractivity contribution >= 4 is 16.9 Å². The molecule has 1 aliphatic rings. The summed E-state index contributed by atoms with van der Waals surface area (Å²) in [6.45, 7) is 3.47. The van der Waals surface area contributed by atoms with Crippen molar-refractivity contribution in [2.45, 2.75) is 0 Å². The number of hydrogen-bond donors (Lipinski definition) is 1. The van der Waals surface area contributed by atoms with Crippen molar-refractivity contribution in [2.75, 3.05) is 33.2 Å². The molecule has 1 amide bonds. The second kappa shape index (κ2) is 6.09. The van der Waals surface area contributed by atoms with Gasteiger partial charge in [0.15, 0.2) is 0 Å². The molecule has 1 fully saturated rings. The molecule has 2 aromatic heterocycles. The van der Waals surface area contributed by atoms with Crippen molar-refractivity contribution in [3.05, 3.63) is 54.2 Å². The Morgan fingerprint density at radius 3 is 2.54 bits per heavy atom. The molecule has 5 heteroatoms. The van der Waals surface area contributed by atoms with Crippen LogP contribution in [0.15, 0.2) is 48.7 Å². The number of aromatic amines is 1. The van der Waals surface area contributed by atoms with Crippen LogP contribution in [0.3, 0.4) is 0 Å². The lowest BCUT2D eigenvalue weighted by Gasteiger charge is -2.32. The summed E-state index contributed by atoms with van der Waals surface area (Å²) in [6, 6.07) is 13.9. The average molecular weight is 320 g/mol. The van der Waals surface area contributed by atoms with Crippen molar-refractivity contribution in [1.29, 1.82) is 0 Å². The summed E-state index contributed by atoms with van der Waals surface area (Å²) in [5, 5.41) is 1.09. The summed E-state index contributed by atoms with van der Waals surface area (Å²) in [5.41, 5.74) is 3.70. The van der Waals surface area contributed by atoms with Gasteiger partial charge in [0.2, 0.25) is 0 Å². The molecular formula is C19H20N4O. The van der Waals surface area contributed by atoms with E-state index in [1.807, 2.05) is 41.3 Å². The second-order valence-corrected chi connectivity index (χ2v) is 6.30. The fraction of sp³-hybridized carbons (Fsp3) is 0.263. The van der Waals surface area contributed by atoms with Crippen molar-refractivity contribution < 1.29 is 4.79 Å². The van der Waals surface area contributed by atoms with Gasteiger partial charge in [0.1, 0.15) is 5.65 Å². The summed E-state index contributed by atoms with van der Waals surface area (Å²) in [5.74, 6) is 0.118. The van der Waals surface area contributed by atoms with Gasteiger partial charge >= 0.3 is 0 Å². The molecule has 0 spiro atoms. The Hall–Kier alpha value is -2.66. The van der Waals surface area contributed by atoms with Gasteiger partial charge in [-0.1, -0.05) is 12.1 Å². The van der Waals surface area contributed by atoms with E-state index >= 15 is 0 Å². The first-order valence-electron chi connectivity index (χ1n) is 8.23. The summed E-state index contributed by atoms with van der Waals surface area (Å²) in [7, 11) is 2.09. The lowest BCUT2D eigenvalue weighted by atomic mass is 10.1. The Morgan fingerprint density at radius 2 is 1.83 bits per heavy atom. The summed E-state index contributed by atoms with van der Waals surface area (Å²) < 4.78 is 0. The monoisotopic (exact) mass is 320 g/mol. The summed E-state index contributed by atoms with van der Waals surface area (Å²) >= 11 is 0. The van der Waals surface area contributed by atoms with E-state index in [1.54, 1.807) is 6.20 Å². The molecule has 122 valence electrons. The second-order valence-electron chi connectivity index (χ2n) is 6.30. The molecule has 0 aliphatic carbocycles. The maximum atomic E-state index is 12.6. The number of piperazine rings is 1. The molecule has 1 aliphatic heterocycles. The van der Waals surface area contributed by atoms with Crippen LogP contribution in [0.1, 0.15) is 10.4 Å². The van der Waals surface area contributed by atoms with E-state index in [-0.39, 0.29) is 5.91 Å². The third kappa shape index (κ3) is 2.78. The van der Waals surface area contributed by atoms with Gasteiger partial charge < -0.3 is 14.8 Å². The third-order valence-corrected chi connectivity index (χ3v) is 4.63. The lowest BCUT2D eigenvalue weighted by molar-refractivity contribution is 0.0664. The number of H-pyrrole nitrogens is 1. The Labute approximate surface area is 140 Å². The Bertz CT molecular complexity index is 827.